The lowest BCUT2D eigenvalue weighted by Gasteiger charge is -2.36. The molecule has 1 amide bonds. The van der Waals surface area contributed by atoms with Crippen LogP contribution in [0.1, 0.15) is 41.6 Å². The summed E-state index contributed by atoms with van der Waals surface area (Å²) < 4.78 is 33.3. The van der Waals surface area contributed by atoms with Gasteiger partial charge in [-0.2, -0.15) is 0 Å². The number of halogens is 3. The van der Waals surface area contributed by atoms with Crippen LogP contribution < -0.4 is 10.5 Å². The van der Waals surface area contributed by atoms with Crippen molar-refractivity contribution in [3.05, 3.63) is 70.4 Å². The third kappa shape index (κ3) is 5.52. The van der Waals surface area contributed by atoms with Gasteiger partial charge in [0.2, 0.25) is 0 Å². The van der Waals surface area contributed by atoms with Crippen molar-refractivity contribution in [2.75, 3.05) is 31.9 Å². The number of hydrogen-bond donors (Lipinski definition) is 1. The summed E-state index contributed by atoms with van der Waals surface area (Å²) in [4.78, 5) is 26.0. The molecule has 0 radical (unpaired) electrons. The number of amides is 1. The molecule has 3 heterocycles. The first-order valence-corrected chi connectivity index (χ1v) is 12.8. The maximum absolute atomic E-state index is 14.1. The molecule has 0 spiro atoms. The number of aromatic nitrogens is 2. The van der Waals surface area contributed by atoms with Gasteiger partial charge in [-0.1, -0.05) is 23.7 Å². The van der Waals surface area contributed by atoms with Gasteiger partial charge in [-0.15, -0.1) is 0 Å². The van der Waals surface area contributed by atoms with E-state index in [1.54, 1.807) is 24.3 Å². The highest BCUT2D eigenvalue weighted by atomic mass is 35.5. The Kier molecular flexibility index (Phi) is 7.53. The molecule has 5 rings (SSSR count). The zero-order valence-corrected chi connectivity index (χ0v) is 21.1. The lowest BCUT2D eigenvalue weighted by Crippen LogP contribution is -2.45. The third-order valence-corrected chi connectivity index (χ3v) is 7.50. The number of nitrogen functional groups attached to an aromatic ring is 1. The molecule has 0 saturated carbocycles. The fraction of sp³-hybridized carbons (Fsp3) is 0.370. The molecule has 2 N–H and O–H groups in total. The molecule has 37 heavy (non-hydrogen) atoms. The summed E-state index contributed by atoms with van der Waals surface area (Å²) in [5.41, 5.74) is 7.52. The van der Waals surface area contributed by atoms with E-state index in [-0.39, 0.29) is 34.8 Å². The zero-order chi connectivity index (χ0) is 25.9. The quantitative estimate of drug-likeness (QED) is 0.457. The highest BCUT2D eigenvalue weighted by Gasteiger charge is 2.28. The summed E-state index contributed by atoms with van der Waals surface area (Å²) in [6.07, 6.45) is 6.06. The molecular formula is C27H28ClF2N5O2. The van der Waals surface area contributed by atoms with E-state index in [0.717, 1.165) is 38.1 Å². The number of carbonyl (C=O) groups excluding carboxylic acids is 1. The highest BCUT2D eigenvalue weighted by molar-refractivity contribution is 6.31. The second kappa shape index (κ2) is 11.0. The Labute approximate surface area is 219 Å². The lowest BCUT2D eigenvalue weighted by atomic mass is 10.0. The normalized spacial score (nSPS) is 16.8. The first-order valence-electron chi connectivity index (χ1n) is 12.4. The average molecular weight is 528 g/mol. The molecule has 0 aliphatic carbocycles. The van der Waals surface area contributed by atoms with Crippen LogP contribution in [0.3, 0.4) is 0 Å². The first kappa shape index (κ1) is 25.4. The monoisotopic (exact) mass is 527 g/mol. The Morgan fingerprint density at radius 1 is 1.03 bits per heavy atom. The molecule has 2 saturated heterocycles. The van der Waals surface area contributed by atoms with Crippen LogP contribution in [0.25, 0.3) is 11.3 Å². The summed E-state index contributed by atoms with van der Waals surface area (Å²) in [6.45, 7) is 3.52. The molecule has 2 aliphatic rings. The number of rotatable bonds is 6. The van der Waals surface area contributed by atoms with Crippen molar-refractivity contribution in [3.8, 4) is 17.1 Å². The van der Waals surface area contributed by atoms with Gasteiger partial charge in [0.15, 0.2) is 5.82 Å². The van der Waals surface area contributed by atoms with Crippen molar-refractivity contribution in [1.29, 1.82) is 0 Å². The van der Waals surface area contributed by atoms with Gasteiger partial charge in [-0.05, 0) is 63.0 Å². The van der Waals surface area contributed by atoms with Crippen LogP contribution >= 0.6 is 11.6 Å². The number of likely N-dealkylation sites (tertiary alicyclic amines) is 2. The Bertz CT molecular complexity index is 1280. The molecule has 1 aromatic heterocycles. The number of nitrogens with zero attached hydrogens (tertiary/aromatic N) is 4. The van der Waals surface area contributed by atoms with E-state index in [9.17, 15) is 13.6 Å². The number of hydrogen-bond acceptors (Lipinski definition) is 6. The van der Waals surface area contributed by atoms with Gasteiger partial charge in [0.25, 0.3) is 11.8 Å². The second-order valence-electron chi connectivity index (χ2n) is 9.40. The molecule has 194 valence electrons. The van der Waals surface area contributed by atoms with Crippen molar-refractivity contribution in [2.24, 2.45) is 0 Å². The standard InChI is InChI=1S/C27H28ClF2N5O2/c28-24-20(21(29)7-8-22(24)30)16-37-26-25(31)32-15-23(33-26)17-3-5-18(6-4-17)27(36)35-13-9-19(10-14-35)34-11-1-2-12-34/h3-8,15,19H,1-2,9-14,16H2,(H2,31,32). The van der Waals surface area contributed by atoms with Crippen LogP contribution in [0, 0.1) is 11.6 Å². The largest absolute Gasteiger partial charge is 0.470 e. The summed E-state index contributed by atoms with van der Waals surface area (Å²) in [6, 6.07) is 9.62. The topological polar surface area (TPSA) is 84.6 Å². The van der Waals surface area contributed by atoms with E-state index in [1.807, 2.05) is 4.90 Å². The Morgan fingerprint density at radius 2 is 1.70 bits per heavy atom. The fourth-order valence-corrected chi connectivity index (χ4v) is 5.18. The van der Waals surface area contributed by atoms with Gasteiger partial charge >= 0.3 is 0 Å². The fourth-order valence-electron chi connectivity index (χ4n) is 4.98. The Hall–Kier alpha value is -3.30. The van der Waals surface area contributed by atoms with Gasteiger partial charge in [-0.3, -0.25) is 4.79 Å². The molecule has 2 aromatic carbocycles. The summed E-state index contributed by atoms with van der Waals surface area (Å²) in [7, 11) is 0. The van der Waals surface area contributed by atoms with Crippen LogP contribution in [0.5, 0.6) is 5.88 Å². The van der Waals surface area contributed by atoms with E-state index in [1.165, 1.54) is 32.1 Å². The van der Waals surface area contributed by atoms with Crippen molar-refractivity contribution in [1.82, 2.24) is 19.8 Å². The van der Waals surface area contributed by atoms with E-state index >= 15 is 0 Å². The van der Waals surface area contributed by atoms with Crippen molar-refractivity contribution in [3.63, 3.8) is 0 Å². The number of nitrogens with two attached hydrogens (primary N) is 1. The van der Waals surface area contributed by atoms with Crippen LogP contribution in [0.4, 0.5) is 14.6 Å². The van der Waals surface area contributed by atoms with Gasteiger partial charge in [0.1, 0.15) is 18.2 Å². The van der Waals surface area contributed by atoms with Gasteiger partial charge in [-0.25, -0.2) is 18.7 Å². The van der Waals surface area contributed by atoms with E-state index < -0.39 is 11.6 Å². The molecule has 0 bridgehead atoms. The predicted molar refractivity (Wildman–Crippen MR) is 137 cm³/mol. The van der Waals surface area contributed by atoms with Crippen LogP contribution in [0.15, 0.2) is 42.6 Å². The Balaban J connectivity index is 1.24. The predicted octanol–water partition coefficient (Wildman–Crippen LogP) is 4.94. The average Bonchev–Trinajstić information content (AvgIpc) is 3.47. The van der Waals surface area contributed by atoms with Crippen LogP contribution in [-0.4, -0.2) is 57.9 Å². The second-order valence-corrected chi connectivity index (χ2v) is 9.78. The first-order chi connectivity index (χ1) is 17.9. The summed E-state index contributed by atoms with van der Waals surface area (Å²) >= 11 is 5.87. The minimum absolute atomic E-state index is 0.000754. The van der Waals surface area contributed by atoms with Crippen molar-refractivity contribution >= 4 is 23.3 Å². The molecule has 3 aromatic rings. The molecule has 7 nitrogen and oxygen atoms in total. The SMILES string of the molecule is Nc1ncc(-c2ccc(C(=O)N3CCC(N4CCCC4)CC3)cc2)nc1OCc1c(F)ccc(F)c1Cl. The highest BCUT2D eigenvalue weighted by Crippen LogP contribution is 2.28. The van der Waals surface area contributed by atoms with Crippen molar-refractivity contribution < 1.29 is 18.3 Å². The molecule has 0 unspecified atom stereocenters. The third-order valence-electron chi connectivity index (χ3n) is 7.10. The van der Waals surface area contributed by atoms with Crippen LogP contribution in [-0.2, 0) is 6.61 Å². The number of piperidine rings is 1. The van der Waals surface area contributed by atoms with Gasteiger partial charge < -0.3 is 20.3 Å². The minimum atomic E-state index is -0.750. The Morgan fingerprint density at radius 3 is 2.41 bits per heavy atom. The summed E-state index contributed by atoms with van der Waals surface area (Å²) in [5.74, 6) is -1.46. The van der Waals surface area contributed by atoms with Gasteiger partial charge in [0.05, 0.1) is 16.9 Å². The zero-order valence-electron chi connectivity index (χ0n) is 20.3. The summed E-state index contributed by atoms with van der Waals surface area (Å²) in [5, 5.41) is -0.358. The minimum Gasteiger partial charge on any atom is -0.470 e. The number of ether oxygens (including phenoxy) is 1. The maximum Gasteiger partial charge on any atom is 0.258 e. The number of anilines is 1. The smallest absolute Gasteiger partial charge is 0.258 e. The number of benzene rings is 2. The molecule has 2 fully saturated rings. The van der Waals surface area contributed by atoms with E-state index in [4.69, 9.17) is 22.1 Å². The van der Waals surface area contributed by atoms with Crippen LogP contribution in [0.2, 0.25) is 5.02 Å². The molecule has 2 aliphatic heterocycles. The van der Waals surface area contributed by atoms with Crippen molar-refractivity contribution in [2.45, 2.75) is 38.3 Å². The maximum atomic E-state index is 14.1. The molecule has 10 heteroatoms. The lowest BCUT2D eigenvalue weighted by molar-refractivity contribution is 0.0644. The molecule has 0 atom stereocenters. The van der Waals surface area contributed by atoms with E-state index in [2.05, 4.69) is 14.9 Å². The molecular weight excluding hydrogens is 500 g/mol. The number of carbonyl (C=O) groups is 1. The van der Waals surface area contributed by atoms with E-state index in [0.29, 0.717) is 22.9 Å². The van der Waals surface area contributed by atoms with Gasteiger partial charge in [0, 0.05) is 35.8 Å².